The van der Waals surface area contributed by atoms with E-state index in [0.717, 1.165) is 11.1 Å². The van der Waals surface area contributed by atoms with E-state index in [1.165, 1.54) is 0 Å². The van der Waals surface area contributed by atoms with Gasteiger partial charge in [0.05, 0.1) is 6.42 Å². The van der Waals surface area contributed by atoms with E-state index in [2.05, 4.69) is 10.5 Å². The van der Waals surface area contributed by atoms with E-state index in [-0.39, 0.29) is 5.78 Å². The monoisotopic (exact) mass is 338 g/mol. The van der Waals surface area contributed by atoms with Crippen LogP contribution in [0.2, 0.25) is 0 Å². The fourth-order valence-corrected chi connectivity index (χ4v) is 2.04. The van der Waals surface area contributed by atoms with Crippen LogP contribution in [0.1, 0.15) is 38.3 Å². The van der Waals surface area contributed by atoms with E-state index >= 15 is 0 Å². The first-order chi connectivity index (χ1) is 11.9. The van der Waals surface area contributed by atoms with Gasteiger partial charge in [0, 0.05) is 11.1 Å². The Balaban J connectivity index is 2.09. The molecule has 0 unspecified atom stereocenters. The summed E-state index contributed by atoms with van der Waals surface area (Å²) in [6.07, 6.45) is -0.410. The van der Waals surface area contributed by atoms with Gasteiger partial charge in [-0.3, -0.25) is 9.59 Å². The normalized spacial score (nSPS) is 11.0. The van der Waals surface area contributed by atoms with Gasteiger partial charge in [-0.05, 0) is 26.0 Å². The molecule has 0 spiro atoms. The van der Waals surface area contributed by atoms with Gasteiger partial charge in [0.1, 0.15) is 0 Å². The first-order valence-electron chi connectivity index (χ1n) is 7.63. The standard InChI is InChI=1S/C19H18N2O4/c1-12-3-7-14(8-4-12)17(22)11-16(19(24)25)20-21-18(23)15-9-5-13(2)6-10-15/h3-10H,11H2,1-2H3,(H,21,23)(H,24,25). The lowest BCUT2D eigenvalue weighted by atomic mass is 10.0. The first kappa shape index (κ1) is 18.1. The van der Waals surface area contributed by atoms with Crippen LogP contribution >= 0.6 is 0 Å². The summed E-state index contributed by atoms with van der Waals surface area (Å²) < 4.78 is 0. The second-order valence-electron chi connectivity index (χ2n) is 5.64. The van der Waals surface area contributed by atoms with Crippen molar-refractivity contribution < 1.29 is 19.5 Å². The molecule has 2 N–H and O–H groups in total. The number of carbonyl (C=O) groups is 3. The summed E-state index contributed by atoms with van der Waals surface area (Å²) in [6.45, 7) is 3.78. The van der Waals surface area contributed by atoms with Gasteiger partial charge >= 0.3 is 5.97 Å². The maximum absolute atomic E-state index is 12.2. The Morgan fingerprint density at radius 2 is 1.36 bits per heavy atom. The molecule has 128 valence electrons. The second-order valence-corrected chi connectivity index (χ2v) is 5.64. The van der Waals surface area contributed by atoms with E-state index in [1.54, 1.807) is 48.5 Å². The van der Waals surface area contributed by atoms with Gasteiger partial charge in [-0.25, -0.2) is 10.2 Å². The van der Waals surface area contributed by atoms with E-state index in [0.29, 0.717) is 11.1 Å². The summed E-state index contributed by atoms with van der Waals surface area (Å²) in [4.78, 5) is 35.4. The summed E-state index contributed by atoms with van der Waals surface area (Å²) in [5.41, 5.74) is 4.49. The third-order valence-corrected chi connectivity index (χ3v) is 3.55. The van der Waals surface area contributed by atoms with Gasteiger partial charge < -0.3 is 5.11 Å². The number of carboxylic acids is 1. The number of carbonyl (C=O) groups excluding carboxylic acids is 2. The Bertz CT molecular complexity index is 822. The topological polar surface area (TPSA) is 95.8 Å². The third-order valence-electron chi connectivity index (χ3n) is 3.55. The molecule has 0 atom stereocenters. The number of ketones is 1. The number of rotatable bonds is 6. The van der Waals surface area contributed by atoms with E-state index in [1.807, 2.05) is 13.8 Å². The van der Waals surface area contributed by atoms with Crippen molar-refractivity contribution in [1.82, 2.24) is 5.43 Å². The zero-order valence-corrected chi connectivity index (χ0v) is 13.9. The van der Waals surface area contributed by atoms with Crippen molar-refractivity contribution in [3.8, 4) is 0 Å². The number of Topliss-reactive ketones (excluding diaryl/α,β-unsaturated/α-hetero) is 1. The van der Waals surface area contributed by atoms with Crippen LogP contribution in [0.15, 0.2) is 53.6 Å². The molecule has 0 aliphatic carbocycles. The molecule has 2 aromatic rings. The molecule has 0 heterocycles. The van der Waals surface area contributed by atoms with Crippen molar-refractivity contribution >= 4 is 23.4 Å². The molecule has 0 saturated heterocycles. The Morgan fingerprint density at radius 1 is 0.880 bits per heavy atom. The maximum atomic E-state index is 12.2. The van der Waals surface area contributed by atoms with Gasteiger partial charge in [-0.2, -0.15) is 5.10 Å². The zero-order valence-electron chi connectivity index (χ0n) is 13.9. The Morgan fingerprint density at radius 3 is 1.84 bits per heavy atom. The average molecular weight is 338 g/mol. The molecule has 0 bridgehead atoms. The number of aliphatic carboxylic acids is 1. The smallest absolute Gasteiger partial charge is 0.352 e. The molecule has 0 aliphatic rings. The van der Waals surface area contributed by atoms with Crippen molar-refractivity contribution in [3.63, 3.8) is 0 Å². The summed E-state index contributed by atoms with van der Waals surface area (Å²) in [7, 11) is 0. The number of nitrogens with zero attached hydrogens (tertiary/aromatic N) is 1. The van der Waals surface area contributed by atoms with Gasteiger partial charge in [0.15, 0.2) is 11.5 Å². The minimum absolute atomic E-state index is 0.351. The number of hydrazone groups is 1. The molecule has 0 aromatic heterocycles. The van der Waals surface area contributed by atoms with Crippen LogP contribution in [-0.4, -0.2) is 28.5 Å². The Labute approximate surface area is 145 Å². The largest absolute Gasteiger partial charge is 0.477 e. The van der Waals surface area contributed by atoms with E-state index in [4.69, 9.17) is 0 Å². The summed E-state index contributed by atoms with van der Waals surface area (Å²) in [5, 5.41) is 12.8. The molecule has 1 amide bonds. The highest BCUT2D eigenvalue weighted by Gasteiger charge is 2.17. The SMILES string of the molecule is Cc1ccc(C(=O)CC(=NNC(=O)c2ccc(C)cc2)C(=O)O)cc1. The number of carboxylic acid groups (broad SMARTS) is 1. The fraction of sp³-hybridized carbons (Fsp3) is 0.158. The van der Waals surface area contributed by atoms with Gasteiger partial charge in [0.2, 0.25) is 0 Å². The van der Waals surface area contributed by atoms with Crippen LogP contribution in [0.4, 0.5) is 0 Å². The number of benzene rings is 2. The minimum atomic E-state index is -1.36. The predicted octanol–water partition coefficient (Wildman–Crippen LogP) is 2.75. The summed E-state index contributed by atoms with van der Waals surface area (Å²) in [6, 6.07) is 13.5. The summed E-state index contributed by atoms with van der Waals surface area (Å²) in [5.74, 6) is -2.28. The van der Waals surface area contributed by atoms with Gasteiger partial charge in [0.25, 0.3) is 5.91 Å². The molecular formula is C19H18N2O4. The van der Waals surface area contributed by atoms with Crippen molar-refractivity contribution in [2.45, 2.75) is 20.3 Å². The molecule has 0 aliphatic heterocycles. The lowest BCUT2D eigenvalue weighted by molar-refractivity contribution is -0.129. The minimum Gasteiger partial charge on any atom is -0.477 e. The molecule has 2 aromatic carbocycles. The van der Waals surface area contributed by atoms with E-state index < -0.39 is 24.0 Å². The van der Waals surface area contributed by atoms with Crippen molar-refractivity contribution in [1.29, 1.82) is 0 Å². The second kappa shape index (κ2) is 8.01. The zero-order chi connectivity index (χ0) is 18.4. The Kier molecular flexibility index (Phi) is 5.79. The van der Waals surface area contributed by atoms with Crippen molar-refractivity contribution in [2.75, 3.05) is 0 Å². The molecule has 6 heteroatoms. The highest BCUT2D eigenvalue weighted by atomic mass is 16.4. The molecule has 0 saturated carbocycles. The highest BCUT2D eigenvalue weighted by molar-refractivity contribution is 6.40. The fourth-order valence-electron chi connectivity index (χ4n) is 2.04. The third kappa shape index (κ3) is 5.10. The van der Waals surface area contributed by atoms with Crippen LogP contribution < -0.4 is 5.43 Å². The lowest BCUT2D eigenvalue weighted by Gasteiger charge is -2.04. The molecular weight excluding hydrogens is 320 g/mol. The van der Waals surface area contributed by atoms with Crippen LogP contribution in [0.3, 0.4) is 0 Å². The highest BCUT2D eigenvalue weighted by Crippen LogP contribution is 2.07. The van der Waals surface area contributed by atoms with Crippen LogP contribution in [0.25, 0.3) is 0 Å². The van der Waals surface area contributed by atoms with Crippen molar-refractivity contribution in [3.05, 3.63) is 70.8 Å². The summed E-state index contributed by atoms with van der Waals surface area (Å²) >= 11 is 0. The lowest BCUT2D eigenvalue weighted by Crippen LogP contribution is -2.25. The van der Waals surface area contributed by atoms with Gasteiger partial charge in [-0.1, -0.05) is 47.5 Å². The molecule has 25 heavy (non-hydrogen) atoms. The van der Waals surface area contributed by atoms with Crippen LogP contribution in [0.5, 0.6) is 0 Å². The number of aryl methyl sites for hydroxylation is 2. The number of nitrogens with one attached hydrogen (secondary N) is 1. The molecule has 6 nitrogen and oxygen atoms in total. The first-order valence-corrected chi connectivity index (χ1v) is 7.63. The molecule has 2 rings (SSSR count). The Hall–Kier alpha value is -3.28. The quantitative estimate of drug-likeness (QED) is 0.481. The number of hydrogen-bond acceptors (Lipinski definition) is 4. The number of hydrogen-bond donors (Lipinski definition) is 2. The number of amides is 1. The molecule has 0 radical (unpaired) electrons. The van der Waals surface area contributed by atoms with Crippen molar-refractivity contribution in [2.24, 2.45) is 5.10 Å². The maximum Gasteiger partial charge on any atom is 0.352 e. The van der Waals surface area contributed by atoms with Gasteiger partial charge in [-0.15, -0.1) is 0 Å². The van der Waals surface area contributed by atoms with Crippen LogP contribution in [-0.2, 0) is 4.79 Å². The molecule has 0 fully saturated rings. The average Bonchev–Trinajstić information content (AvgIpc) is 2.59. The van der Waals surface area contributed by atoms with Crippen LogP contribution in [0, 0.1) is 13.8 Å². The predicted molar refractivity (Wildman–Crippen MR) is 93.8 cm³/mol. The van der Waals surface area contributed by atoms with E-state index in [9.17, 15) is 19.5 Å².